The van der Waals surface area contributed by atoms with Crippen LogP contribution in [0.15, 0.2) is 60.7 Å². The molecular formula is C26H26N2O3. The molecule has 0 saturated carbocycles. The Morgan fingerprint density at radius 2 is 1.61 bits per heavy atom. The first-order valence-electron chi connectivity index (χ1n) is 11.0. The Morgan fingerprint density at radius 1 is 0.968 bits per heavy atom. The zero-order valence-electron chi connectivity index (χ0n) is 18.0. The van der Waals surface area contributed by atoms with E-state index in [1.54, 1.807) is 12.1 Å². The van der Waals surface area contributed by atoms with Crippen LogP contribution in [0, 0.1) is 11.8 Å². The third-order valence-corrected chi connectivity index (χ3v) is 7.15. The van der Waals surface area contributed by atoms with Crippen LogP contribution < -0.4 is 4.90 Å². The summed E-state index contributed by atoms with van der Waals surface area (Å²) >= 11 is 0. The number of carbonyl (C=O) groups excluding carboxylic acids is 3. The van der Waals surface area contributed by atoms with Gasteiger partial charge in [-0.1, -0.05) is 61.5 Å². The molecule has 2 saturated heterocycles. The average molecular weight is 415 g/mol. The molecule has 158 valence electrons. The van der Waals surface area contributed by atoms with Gasteiger partial charge in [0.1, 0.15) is 6.04 Å². The molecule has 0 radical (unpaired) electrons. The zero-order valence-corrected chi connectivity index (χ0v) is 18.0. The van der Waals surface area contributed by atoms with Gasteiger partial charge in [-0.25, -0.2) is 0 Å². The maximum atomic E-state index is 13.8. The van der Waals surface area contributed by atoms with E-state index < -0.39 is 17.9 Å². The summed E-state index contributed by atoms with van der Waals surface area (Å²) in [5, 5.41) is 0. The van der Waals surface area contributed by atoms with Gasteiger partial charge in [-0.3, -0.25) is 19.3 Å². The Morgan fingerprint density at radius 3 is 2.32 bits per heavy atom. The number of nitrogens with zero attached hydrogens (tertiary/aromatic N) is 2. The van der Waals surface area contributed by atoms with E-state index in [4.69, 9.17) is 0 Å². The van der Waals surface area contributed by atoms with Crippen LogP contribution in [0.1, 0.15) is 43.1 Å². The highest BCUT2D eigenvalue weighted by Gasteiger charge is 2.64. The first kappa shape index (κ1) is 19.7. The number of hydrogen-bond acceptors (Lipinski definition) is 4. The second-order valence-corrected chi connectivity index (χ2v) is 8.80. The maximum Gasteiger partial charge on any atom is 0.236 e. The largest absolute Gasteiger partial charge is 0.352 e. The van der Waals surface area contributed by atoms with Gasteiger partial charge in [0.05, 0.1) is 17.9 Å². The second kappa shape index (κ2) is 7.19. The molecule has 0 aromatic heterocycles. The first-order chi connectivity index (χ1) is 15.0. The van der Waals surface area contributed by atoms with Gasteiger partial charge >= 0.3 is 0 Å². The molecule has 2 aromatic carbocycles. The molecule has 3 aliphatic heterocycles. The smallest absolute Gasteiger partial charge is 0.236 e. The molecule has 3 aliphatic rings. The lowest BCUT2D eigenvalue weighted by atomic mass is 9.85. The highest BCUT2D eigenvalue weighted by Crippen LogP contribution is 2.50. The van der Waals surface area contributed by atoms with Gasteiger partial charge in [0.25, 0.3) is 0 Å². The third-order valence-electron chi connectivity index (χ3n) is 7.15. The second-order valence-electron chi connectivity index (χ2n) is 8.80. The van der Waals surface area contributed by atoms with Crippen LogP contribution >= 0.6 is 0 Å². The van der Waals surface area contributed by atoms with Crippen molar-refractivity contribution < 1.29 is 14.4 Å². The molecule has 0 aliphatic carbocycles. The van der Waals surface area contributed by atoms with Crippen LogP contribution in [-0.4, -0.2) is 40.6 Å². The minimum Gasteiger partial charge on any atom is -0.352 e. The van der Waals surface area contributed by atoms with Gasteiger partial charge in [-0.2, -0.15) is 0 Å². The molecule has 0 unspecified atom stereocenters. The summed E-state index contributed by atoms with van der Waals surface area (Å²) in [6.07, 6.45) is 2.77. The van der Waals surface area contributed by atoms with E-state index in [9.17, 15) is 14.4 Å². The number of ketones is 1. The van der Waals surface area contributed by atoms with Crippen molar-refractivity contribution in [3.63, 3.8) is 0 Å². The van der Waals surface area contributed by atoms with Gasteiger partial charge < -0.3 is 4.90 Å². The summed E-state index contributed by atoms with van der Waals surface area (Å²) in [5.74, 6) is -1.67. The van der Waals surface area contributed by atoms with Crippen molar-refractivity contribution in [3.8, 4) is 0 Å². The van der Waals surface area contributed by atoms with Crippen molar-refractivity contribution in [1.82, 2.24) is 4.90 Å². The highest BCUT2D eigenvalue weighted by molar-refractivity contribution is 6.14. The number of rotatable bonds is 4. The molecule has 2 aromatic rings. The van der Waals surface area contributed by atoms with Crippen molar-refractivity contribution in [2.45, 2.75) is 45.3 Å². The van der Waals surface area contributed by atoms with Crippen LogP contribution in [0.3, 0.4) is 0 Å². The Bertz CT molecular complexity index is 1110. The molecule has 5 nitrogen and oxygen atoms in total. The van der Waals surface area contributed by atoms with Gasteiger partial charge in [0.2, 0.25) is 11.8 Å². The topological polar surface area (TPSA) is 57.7 Å². The fourth-order valence-electron chi connectivity index (χ4n) is 5.51. The monoisotopic (exact) mass is 414 g/mol. The average Bonchev–Trinajstić information content (AvgIpc) is 3.26. The van der Waals surface area contributed by atoms with Crippen LogP contribution in [-0.2, 0) is 9.59 Å². The van der Waals surface area contributed by atoms with E-state index in [0.29, 0.717) is 12.0 Å². The number of carbonyl (C=O) groups is 3. The molecular weight excluding hydrogens is 388 g/mol. The number of benzene rings is 2. The van der Waals surface area contributed by atoms with Crippen LogP contribution in [0.4, 0.5) is 5.69 Å². The van der Waals surface area contributed by atoms with Gasteiger partial charge in [0, 0.05) is 22.9 Å². The van der Waals surface area contributed by atoms with E-state index in [0.717, 1.165) is 16.8 Å². The lowest BCUT2D eigenvalue weighted by molar-refractivity contribution is -0.142. The van der Waals surface area contributed by atoms with Crippen LogP contribution in [0.5, 0.6) is 0 Å². The summed E-state index contributed by atoms with van der Waals surface area (Å²) < 4.78 is 0. The fraction of sp³-hybridized carbons (Fsp3) is 0.346. The summed E-state index contributed by atoms with van der Waals surface area (Å²) in [4.78, 5) is 44.3. The van der Waals surface area contributed by atoms with Gasteiger partial charge in [0.15, 0.2) is 5.78 Å². The molecule has 5 rings (SSSR count). The number of hydrogen-bond donors (Lipinski definition) is 0. The molecule has 0 N–H and O–H groups in total. The van der Waals surface area contributed by atoms with E-state index in [1.165, 1.54) is 4.90 Å². The normalized spacial score (nSPS) is 27.5. The number of likely N-dealkylation sites (tertiary alicyclic amines) is 1. The lowest BCUT2D eigenvalue weighted by Crippen LogP contribution is -2.50. The number of anilines is 1. The number of imide groups is 1. The zero-order chi connectivity index (χ0) is 21.9. The predicted molar refractivity (Wildman–Crippen MR) is 120 cm³/mol. The van der Waals surface area contributed by atoms with Crippen LogP contribution in [0.25, 0.3) is 5.57 Å². The molecule has 5 heteroatoms. The van der Waals surface area contributed by atoms with Crippen molar-refractivity contribution >= 4 is 28.9 Å². The quantitative estimate of drug-likeness (QED) is 0.562. The number of fused-ring (bicyclic) bond motifs is 5. The molecule has 0 bridgehead atoms. The summed E-state index contributed by atoms with van der Waals surface area (Å²) in [6.45, 7) is 5.91. The minimum absolute atomic E-state index is 0.104. The van der Waals surface area contributed by atoms with Gasteiger partial charge in [-0.15, -0.1) is 0 Å². The van der Waals surface area contributed by atoms with Crippen molar-refractivity contribution in [1.29, 1.82) is 0 Å². The highest BCUT2D eigenvalue weighted by atomic mass is 16.2. The van der Waals surface area contributed by atoms with Crippen molar-refractivity contribution in [2.75, 3.05) is 4.90 Å². The Balaban J connectivity index is 1.69. The Kier molecular flexibility index (Phi) is 4.58. The van der Waals surface area contributed by atoms with E-state index in [2.05, 4.69) is 6.08 Å². The van der Waals surface area contributed by atoms with E-state index >= 15 is 0 Å². The van der Waals surface area contributed by atoms with E-state index in [-0.39, 0.29) is 29.7 Å². The molecule has 31 heavy (non-hydrogen) atoms. The molecule has 2 amide bonds. The summed E-state index contributed by atoms with van der Waals surface area (Å²) in [6, 6.07) is 15.9. The number of amides is 2. The van der Waals surface area contributed by atoms with E-state index in [1.807, 2.05) is 68.1 Å². The SMILES string of the molecule is CC[C@H](C)N1C(=O)[C@@H]2[C@H](C1=O)[C@H](C(=O)c1ccccc1)N1c3ccccc3C(C)=C[C@@H]21. The van der Waals surface area contributed by atoms with Crippen LogP contribution in [0.2, 0.25) is 0 Å². The molecule has 3 heterocycles. The Labute approximate surface area is 182 Å². The lowest BCUT2D eigenvalue weighted by Gasteiger charge is -2.38. The number of allylic oxidation sites excluding steroid dienone is 1. The fourth-order valence-corrected chi connectivity index (χ4v) is 5.51. The summed E-state index contributed by atoms with van der Waals surface area (Å²) in [7, 11) is 0. The maximum absolute atomic E-state index is 13.8. The van der Waals surface area contributed by atoms with Gasteiger partial charge in [-0.05, 0) is 31.9 Å². The molecule has 2 fully saturated rings. The number of para-hydroxylation sites is 1. The Hall–Kier alpha value is -3.21. The predicted octanol–water partition coefficient (Wildman–Crippen LogP) is 3.94. The van der Waals surface area contributed by atoms with Crippen molar-refractivity contribution in [2.24, 2.45) is 11.8 Å². The minimum atomic E-state index is -0.701. The van der Waals surface area contributed by atoms with Crippen molar-refractivity contribution in [3.05, 3.63) is 71.8 Å². The third kappa shape index (κ3) is 2.72. The molecule has 5 atom stereocenters. The summed E-state index contributed by atoms with van der Waals surface area (Å²) in [5.41, 5.74) is 3.61. The first-order valence-corrected chi connectivity index (χ1v) is 11.0. The number of Topliss-reactive ketones (excluding diaryl/α,β-unsaturated/α-hetero) is 1. The molecule has 0 spiro atoms. The standard InChI is InChI=1S/C26H26N2O3/c1-4-16(3)27-25(30)21-20-14-15(2)18-12-8-9-13-19(18)28(20)23(22(21)26(27)31)24(29)17-10-6-5-7-11-17/h5-14,16,20-23H,4H2,1-3H3/t16-,20-,21-,22-,23+/m0/s1.